The van der Waals surface area contributed by atoms with Gasteiger partial charge in [0, 0.05) is 0 Å². The average Bonchev–Trinajstić information content (AvgIpc) is 1.69. The second-order valence-electron chi connectivity index (χ2n) is 0.892. The summed E-state index contributed by atoms with van der Waals surface area (Å²) in [5.74, 6) is 0. The average molecular weight is 286 g/mol. The standard InChI is InChI=1S/C3H8N.C2H6N.W/c1-3-4-2;1-2-3;/h4H,1,3H2,2H3;1-3H2;/q2*-1;+2. The minimum atomic E-state index is 0. The quantitative estimate of drug-likeness (QED) is 0.656. The molecular formula is C5H14N2W. The molecule has 0 rings (SSSR count). The second kappa shape index (κ2) is 25.5. The van der Waals surface area contributed by atoms with E-state index >= 15 is 0 Å². The van der Waals surface area contributed by atoms with Crippen molar-refractivity contribution in [2.24, 2.45) is 5.73 Å². The van der Waals surface area contributed by atoms with E-state index in [1.54, 1.807) is 0 Å². The van der Waals surface area contributed by atoms with Crippen LogP contribution < -0.4 is 11.1 Å². The first-order valence-corrected chi connectivity index (χ1v) is 2.26. The maximum atomic E-state index is 4.74. The Hall–Kier alpha value is 0.608. The van der Waals surface area contributed by atoms with E-state index in [9.17, 15) is 0 Å². The van der Waals surface area contributed by atoms with Crippen molar-refractivity contribution in [3.05, 3.63) is 13.8 Å². The Bertz CT molecular complexity index is 17.9. The van der Waals surface area contributed by atoms with Crippen LogP contribution in [0, 0.1) is 13.8 Å². The van der Waals surface area contributed by atoms with Crippen LogP contribution in [0.3, 0.4) is 0 Å². The van der Waals surface area contributed by atoms with Gasteiger partial charge in [-0.3, -0.25) is 0 Å². The summed E-state index contributed by atoms with van der Waals surface area (Å²) in [5.41, 5.74) is 4.74. The van der Waals surface area contributed by atoms with E-state index in [0.29, 0.717) is 6.54 Å². The molecule has 0 saturated carbocycles. The summed E-state index contributed by atoms with van der Waals surface area (Å²) in [4.78, 5) is 0. The zero-order chi connectivity index (χ0) is 6.12. The van der Waals surface area contributed by atoms with Crippen LogP contribution in [0.15, 0.2) is 0 Å². The molecular weight excluding hydrogens is 272 g/mol. The van der Waals surface area contributed by atoms with Crippen LogP contribution in [0.1, 0.15) is 0 Å². The van der Waals surface area contributed by atoms with Crippen LogP contribution in [0.4, 0.5) is 0 Å². The van der Waals surface area contributed by atoms with E-state index in [0.717, 1.165) is 6.54 Å². The van der Waals surface area contributed by atoms with Crippen molar-refractivity contribution in [1.82, 2.24) is 5.32 Å². The van der Waals surface area contributed by atoms with Crippen LogP contribution in [-0.2, 0) is 21.1 Å². The number of nitrogens with one attached hydrogen (secondary N) is 1. The van der Waals surface area contributed by atoms with E-state index in [2.05, 4.69) is 19.2 Å². The van der Waals surface area contributed by atoms with Crippen LogP contribution >= 0.6 is 0 Å². The van der Waals surface area contributed by atoms with Crippen molar-refractivity contribution in [2.75, 3.05) is 20.1 Å². The normalized spacial score (nSPS) is 6.00. The molecule has 0 amide bonds. The maximum Gasteiger partial charge on any atom is 2.00 e. The maximum absolute atomic E-state index is 4.74. The Morgan fingerprint density at radius 3 is 1.62 bits per heavy atom. The molecule has 0 unspecified atom stereocenters. The van der Waals surface area contributed by atoms with Gasteiger partial charge in [-0.15, -0.1) is 13.1 Å². The van der Waals surface area contributed by atoms with Crippen LogP contribution in [0.5, 0.6) is 0 Å². The number of hydrogen-bond donors (Lipinski definition) is 2. The summed E-state index contributed by atoms with van der Waals surface area (Å²) < 4.78 is 0. The molecule has 2 nitrogen and oxygen atoms in total. The molecule has 0 atom stereocenters. The van der Waals surface area contributed by atoms with Crippen molar-refractivity contribution >= 4 is 0 Å². The number of hydrogen-bond acceptors (Lipinski definition) is 2. The van der Waals surface area contributed by atoms with Gasteiger partial charge in [0.2, 0.25) is 0 Å². The molecule has 0 aliphatic carbocycles. The molecule has 8 heavy (non-hydrogen) atoms. The Balaban J connectivity index is -0.0000000575. The van der Waals surface area contributed by atoms with Gasteiger partial charge in [0.05, 0.1) is 0 Å². The fraction of sp³-hybridized carbons (Fsp3) is 0.600. The summed E-state index contributed by atoms with van der Waals surface area (Å²) in [6.07, 6.45) is 0. The van der Waals surface area contributed by atoms with Gasteiger partial charge in [-0.2, -0.15) is 0 Å². The molecule has 0 aliphatic rings. The Morgan fingerprint density at radius 2 is 1.62 bits per heavy atom. The van der Waals surface area contributed by atoms with Gasteiger partial charge in [0.1, 0.15) is 0 Å². The fourth-order valence-electron chi connectivity index (χ4n) is 0. The molecule has 3 N–H and O–H groups in total. The first-order chi connectivity index (χ1) is 3.33. The number of rotatable bonds is 1. The molecule has 0 heterocycles. The van der Waals surface area contributed by atoms with Gasteiger partial charge in [0.15, 0.2) is 0 Å². The van der Waals surface area contributed by atoms with Gasteiger partial charge in [-0.1, -0.05) is 0 Å². The molecule has 0 fully saturated rings. The van der Waals surface area contributed by atoms with E-state index < -0.39 is 0 Å². The molecule has 0 aliphatic heterocycles. The first-order valence-electron chi connectivity index (χ1n) is 2.26. The van der Waals surface area contributed by atoms with Gasteiger partial charge in [-0.05, 0) is 7.05 Å². The topological polar surface area (TPSA) is 38.0 Å². The molecule has 0 aromatic rings. The molecule has 0 radical (unpaired) electrons. The van der Waals surface area contributed by atoms with Gasteiger partial charge >= 0.3 is 21.1 Å². The molecule has 0 bridgehead atoms. The molecule has 3 heteroatoms. The minimum absolute atomic E-state index is 0. The first kappa shape index (κ1) is 15.8. The summed E-state index contributed by atoms with van der Waals surface area (Å²) in [6.45, 7) is 8.08. The predicted octanol–water partition coefficient (Wildman–Crippen LogP) is -0.183. The van der Waals surface area contributed by atoms with E-state index in [-0.39, 0.29) is 21.1 Å². The van der Waals surface area contributed by atoms with Gasteiger partial charge in [0.25, 0.3) is 0 Å². The third-order valence-corrected chi connectivity index (χ3v) is 0.250. The van der Waals surface area contributed by atoms with Crippen molar-refractivity contribution in [2.45, 2.75) is 0 Å². The Kier molecular flexibility index (Phi) is 50.5. The SMILES string of the molecule is [CH2-]CN.[CH2-]CNC.[W+2]. The van der Waals surface area contributed by atoms with E-state index in [4.69, 9.17) is 5.73 Å². The predicted molar refractivity (Wildman–Crippen MR) is 33.7 cm³/mol. The van der Waals surface area contributed by atoms with E-state index in [1.165, 1.54) is 0 Å². The molecule has 0 saturated heterocycles. The van der Waals surface area contributed by atoms with Crippen molar-refractivity contribution in [3.8, 4) is 0 Å². The smallest absolute Gasteiger partial charge is 0.360 e. The number of nitrogens with two attached hydrogens (primary N) is 1. The van der Waals surface area contributed by atoms with Crippen molar-refractivity contribution in [3.63, 3.8) is 0 Å². The zero-order valence-electron chi connectivity index (χ0n) is 5.31. The van der Waals surface area contributed by atoms with E-state index in [1.807, 2.05) is 7.05 Å². The third-order valence-electron chi connectivity index (χ3n) is 0.250. The molecule has 50 valence electrons. The summed E-state index contributed by atoms with van der Waals surface area (Å²) >= 11 is 0. The summed E-state index contributed by atoms with van der Waals surface area (Å²) in [7, 11) is 1.87. The molecule has 0 aromatic carbocycles. The fourth-order valence-corrected chi connectivity index (χ4v) is 0. The van der Waals surface area contributed by atoms with Crippen LogP contribution in [-0.4, -0.2) is 20.1 Å². The largest absolute Gasteiger partial charge is 2.00 e. The molecule has 0 aromatic heterocycles. The van der Waals surface area contributed by atoms with Gasteiger partial charge < -0.3 is 24.9 Å². The van der Waals surface area contributed by atoms with Crippen LogP contribution in [0.2, 0.25) is 0 Å². The monoisotopic (exact) mass is 286 g/mol. The molecule has 0 spiro atoms. The van der Waals surface area contributed by atoms with Crippen molar-refractivity contribution < 1.29 is 21.1 Å². The van der Waals surface area contributed by atoms with Crippen LogP contribution in [0.25, 0.3) is 0 Å². The Labute approximate surface area is 66.5 Å². The summed E-state index contributed by atoms with van der Waals surface area (Å²) in [6, 6.07) is 0. The van der Waals surface area contributed by atoms with Crippen molar-refractivity contribution in [1.29, 1.82) is 0 Å². The van der Waals surface area contributed by atoms with Gasteiger partial charge in [-0.25, -0.2) is 0 Å². The minimum Gasteiger partial charge on any atom is -0.360 e. The Morgan fingerprint density at radius 1 is 1.50 bits per heavy atom. The summed E-state index contributed by atoms with van der Waals surface area (Å²) in [5, 5.41) is 2.82. The third kappa shape index (κ3) is 80.4. The zero-order valence-corrected chi connectivity index (χ0v) is 8.25. The second-order valence-corrected chi connectivity index (χ2v) is 0.892.